The summed E-state index contributed by atoms with van der Waals surface area (Å²) >= 11 is 0. The highest BCUT2D eigenvalue weighted by molar-refractivity contribution is 5.93. The monoisotopic (exact) mass is 439 g/mol. The van der Waals surface area contributed by atoms with E-state index in [1.54, 1.807) is 18.2 Å². The van der Waals surface area contributed by atoms with Crippen molar-refractivity contribution in [2.45, 2.75) is 26.0 Å². The minimum Gasteiger partial charge on any atom is -0.478 e. The molecule has 8 heteroatoms. The number of halogens is 2. The fourth-order valence-electron chi connectivity index (χ4n) is 4.07. The second-order valence-corrected chi connectivity index (χ2v) is 7.63. The van der Waals surface area contributed by atoms with E-state index in [1.165, 1.54) is 24.0 Å². The van der Waals surface area contributed by atoms with E-state index in [9.17, 15) is 18.7 Å². The maximum Gasteiger partial charge on any atom is 0.387 e. The van der Waals surface area contributed by atoms with Gasteiger partial charge in [0.1, 0.15) is 5.75 Å². The zero-order valence-corrected chi connectivity index (χ0v) is 17.4. The highest BCUT2D eigenvalue weighted by Gasteiger charge is 2.21. The van der Waals surface area contributed by atoms with Crippen LogP contribution in [0.2, 0.25) is 0 Å². The Hall–Kier alpha value is -3.52. The quantitative estimate of drug-likeness (QED) is 0.497. The topological polar surface area (TPSA) is 83.5 Å². The first-order valence-corrected chi connectivity index (χ1v) is 10.3. The average Bonchev–Trinajstić information content (AvgIpc) is 2.77. The molecule has 0 bridgehead atoms. The van der Waals surface area contributed by atoms with Crippen LogP contribution in [0.5, 0.6) is 5.75 Å². The number of carboxylic acids is 1. The van der Waals surface area contributed by atoms with Crippen LogP contribution in [0.25, 0.3) is 11.1 Å². The lowest BCUT2D eigenvalue weighted by atomic mass is 9.89. The first-order valence-electron chi connectivity index (χ1n) is 10.3. The van der Waals surface area contributed by atoms with Gasteiger partial charge in [0.2, 0.25) is 0 Å². The highest BCUT2D eigenvalue weighted by atomic mass is 19.3. The third-order valence-electron chi connectivity index (χ3n) is 5.59. The van der Waals surface area contributed by atoms with Gasteiger partial charge in [-0.25, -0.2) is 4.79 Å². The zero-order valence-electron chi connectivity index (χ0n) is 17.4. The van der Waals surface area contributed by atoms with Crippen molar-refractivity contribution in [3.8, 4) is 16.9 Å². The fraction of sp³-hybridized carbons (Fsp3) is 0.250. The van der Waals surface area contributed by atoms with Gasteiger partial charge in [-0.3, -0.25) is 4.98 Å². The second kappa shape index (κ2) is 9.32. The Morgan fingerprint density at radius 2 is 2.12 bits per heavy atom. The van der Waals surface area contributed by atoms with Gasteiger partial charge in [-0.2, -0.15) is 8.78 Å². The Morgan fingerprint density at radius 1 is 1.28 bits per heavy atom. The van der Waals surface area contributed by atoms with E-state index in [0.29, 0.717) is 12.2 Å². The summed E-state index contributed by atoms with van der Waals surface area (Å²) in [7, 11) is 0. The Balaban J connectivity index is 1.54. The summed E-state index contributed by atoms with van der Waals surface area (Å²) in [5.74, 6) is -0.859. The molecular weight excluding hydrogens is 416 g/mol. The van der Waals surface area contributed by atoms with Crippen LogP contribution in [0, 0.1) is 6.92 Å². The molecule has 0 fully saturated rings. The van der Waals surface area contributed by atoms with Crippen LogP contribution < -0.4 is 15.4 Å². The molecule has 3 N–H and O–H groups in total. The van der Waals surface area contributed by atoms with Crippen molar-refractivity contribution in [2.75, 3.05) is 18.4 Å². The Labute approximate surface area is 184 Å². The van der Waals surface area contributed by atoms with Crippen LogP contribution in [0.1, 0.15) is 33.1 Å². The van der Waals surface area contributed by atoms with Gasteiger partial charge in [-0.15, -0.1) is 0 Å². The smallest absolute Gasteiger partial charge is 0.387 e. The normalized spacial score (nSPS) is 15.3. The number of nitrogens with zero attached hydrogens (tertiary/aromatic N) is 1. The molecule has 1 atom stereocenters. The number of pyridine rings is 1. The van der Waals surface area contributed by atoms with Crippen LogP contribution in [-0.2, 0) is 6.42 Å². The Kier molecular flexibility index (Phi) is 6.32. The van der Waals surface area contributed by atoms with Crippen molar-refractivity contribution >= 4 is 11.7 Å². The molecule has 0 saturated heterocycles. The van der Waals surface area contributed by atoms with E-state index in [1.807, 2.05) is 13.0 Å². The van der Waals surface area contributed by atoms with E-state index in [-0.39, 0.29) is 17.4 Å². The molecular formula is C24H23F2N3O3. The van der Waals surface area contributed by atoms with Gasteiger partial charge >= 0.3 is 12.6 Å². The Bertz CT molecular complexity index is 1140. The number of ether oxygens (including phenoxy) is 1. The van der Waals surface area contributed by atoms with Crippen molar-refractivity contribution in [3.63, 3.8) is 0 Å². The molecule has 1 aliphatic rings. The van der Waals surface area contributed by atoms with Gasteiger partial charge in [-0.1, -0.05) is 24.3 Å². The summed E-state index contributed by atoms with van der Waals surface area (Å²) in [6.07, 6.45) is 3.83. The van der Waals surface area contributed by atoms with Gasteiger partial charge in [0.25, 0.3) is 0 Å². The molecule has 2 heterocycles. The molecule has 4 rings (SSSR count). The van der Waals surface area contributed by atoms with E-state index in [0.717, 1.165) is 35.2 Å². The first-order chi connectivity index (χ1) is 15.4. The number of carbonyl (C=O) groups is 1. The number of rotatable bonds is 7. The first kappa shape index (κ1) is 21.7. The van der Waals surface area contributed by atoms with Gasteiger partial charge < -0.3 is 20.5 Å². The molecule has 6 nitrogen and oxygen atoms in total. The lowest BCUT2D eigenvalue weighted by Gasteiger charge is -2.28. The van der Waals surface area contributed by atoms with Crippen molar-refractivity contribution in [1.29, 1.82) is 0 Å². The molecule has 2 aromatic carbocycles. The summed E-state index contributed by atoms with van der Waals surface area (Å²) in [4.78, 5) is 15.4. The maximum absolute atomic E-state index is 12.5. The van der Waals surface area contributed by atoms with Crippen molar-refractivity contribution in [2.24, 2.45) is 0 Å². The standard InChI is InChI=1S/C24H23F2N3O3/c1-14-10-17(32-24(25)26)3-5-18(14)15-2-4-19-16(11-15)6-9-28-22(19)13-29-21-12-27-8-7-20(21)23(30)31/h2-5,7-8,10-12,22,24,28-29H,6,9,13H2,1H3,(H,30,31)/t22-/m0/s1. The number of hydrogen-bond donors (Lipinski definition) is 3. The molecule has 1 aromatic heterocycles. The molecule has 0 saturated carbocycles. The largest absolute Gasteiger partial charge is 0.478 e. The molecule has 1 aliphatic heterocycles. The molecule has 0 spiro atoms. The van der Waals surface area contributed by atoms with Crippen LogP contribution in [0.3, 0.4) is 0 Å². The summed E-state index contributed by atoms with van der Waals surface area (Å²) < 4.78 is 29.4. The number of hydrogen-bond acceptors (Lipinski definition) is 5. The SMILES string of the molecule is Cc1cc(OC(F)F)ccc1-c1ccc2c(c1)CCN[C@H]2CNc1cnccc1C(=O)O. The molecule has 0 amide bonds. The number of anilines is 1. The predicted octanol–water partition coefficient (Wildman–Crippen LogP) is 4.66. The minimum atomic E-state index is -2.85. The lowest BCUT2D eigenvalue weighted by Crippen LogP contribution is -2.34. The van der Waals surface area contributed by atoms with Crippen molar-refractivity contribution in [1.82, 2.24) is 10.3 Å². The molecule has 3 aromatic rings. The lowest BCUT2D eigenvalue weighted by molar-refractivity contribution is -0.0498. The molecule has 166 valence electrons. The van der Waals surface area contributed by atoms with Crippen molar-refractivity contribution < 1.29 is 23.4 Å². The van der Waals surface area contributed by atoms with E-state index in [2.05, 4.69) is 32.5 Å². The molecule has 0 unspecified atom stereocenters. The minimum absolute atomic E-state index is 0.0116. The summed E-state index contributed by atoms with van der Waals surface area (Å²) in [6, 6.07) is 12.7. The van der Waals surface area contributed by atoms with E-state index >= 15 is 0 Å². The summed E-state index contributed by atoms with van der Waals surface area (Å²) in [5.41, 5.74) is 5.83. The van der Waals surface area contributed by atoms with Crippen LogP contribution in [0.4, 0.5) is 14.5 Å². The highest BCUT2D eigenvalue weighted by Crippen LogP contribution is 2.32. The summed E-state index contributed by atoms with van der Waals surface area (Å²) in [6.45, 7) is 0.328. The van der Waals surface area contributed by atoms with Gasteiger partial charge in [-0.05, 0) is 65.9 Å². The number of carboxylic acid groups (broad SMARTS) is 1. The number of aromatic nitrogens is 1. The molecule has 0 radical (unpaired) electrons. The average molecular weight is 439 g/mol. The molecule has 0 aliphatic carbocycles. The third-order valence-corrected chi connectivity index (χ3v) is 5.59. The van der Waals surface area contributed by atoms with E-state index in [4.69, 9.17) is 0 Å². The maximum atomic E-state index is 12.5. The van der Waals surface area contributed by atoms with E-state index < -0.39 is 12.6 Å². The zero-order chi connectivity index (χ0) is 22.7. The number of aromatic carboxylic acids is 1. The van der Waals surface area contributed by atoms with Crippen LogP contribution in [-0.4, -0.2) is 35.8 Å². The van der Waals surface area contributed by atoms with Crippen molar-refractivity contribution in [3.05, 3.63) is 77.1 Å². The van der Waals surface area contributed by atoms with Crippen LogP contribution >= 0.6 is 0 Å². The number of fused-ring (bicyclic) bond motifs is 1. The number of aryl methyl sites for hydroxylation is 1. The summed E-state index contributed by atoms with van der Waals surface area (Å²) in [5, 5.41) is 16.0. The predicted molar refractivity (Wildman–Crippen MR) is 117 cm³/mol. The third kappa shape index (κ3) is 4.70. The Morgan fingerprint density at radius 3 is 2.88 bits per heavy atom. The van der Waals surface area contributed by atoms with Gasteiger partial charge in [0, 0.05) is 18.8 Å². The van der Waals surface area contributed by atoms with Gasteiger partial charge in [0.05, 0.1) is 17.4 Å². The number of benzene rings is 2. The fourth-order valence-corrected chi connectivity index (χ4v) is 4.07. The van der Waals surface area contributed by atoms with Gasteiger partial charge in [0.15, 0.2) is 0 Å². The molecule has 32 heavy (non-hydrogen) atoms. The van der Waals surface area contributed by atoms with Crippen LogP contribution in [0.15, 0.2) is 54.9 Å². The second-order valence-electron chi connectivity index (χ2n) is 7.63. The number of alkyl halides is 2. The number of nitrogens with one attached hydrogen (secondary N) is 2.